The third kappa shape index (κ3) is 5.88. The van der Waals surface area contributed by atoms with Crippen molar-refractivity contribution in [2.45, 2.75) is 33.4 Å². The van der Waals surface area contributed by atoms with E-state index in [9.17, 15) is 9.90 Å². The second-order valence-electron chi connectivity index (χ2n) is 8.27. The van der Waals surface area contributed by atoms with Crippen LogP contribution < -0.4 is 10.5 Å². The van der Waals surface area contributed by atoms with Crippen molar-refractivity contribution in [2.24, 2.45) is 5.73 Å². The lowest BCUT2D eigenvalue weighted by Crippen LogP contribution is -2.04. The van der Waals surface area contributed by atoms with E-state index < -0.39 is 5.97 Å². The molecule has 0 saturated carbocycles. The molecule has 5 aromatic rings. The smallest absolute Gasteiger partial charge is 0.307 e. The minimum atomic E-state index is -0.903. The number of fused-ring (bicyclic) bond motifs is 1. The van der Waals surface area contributed by atoms with Crippen LogP contribution in [0.2, 0.25) is 0 Å². The van der Waals surface area contributed by atoms with Crippen LogP contribution in [0.1, 0.15) is 30.5 Å². The van der Waals surface area contributed by atoms with Gasteiger partial charge in [-0.15, -0.1) is 0 Å². The largest absolute Gasteiger partial charge is 0.488 e. The maximum Gasteiger partial charge on any atom is 0.307 e. The summed E-state index contributed by atoms with van der Waals surface area (Å²) in [6, 6.07) is 23.4. The number of ether oxygens (including phenoxy) is 1. The van der Waals surface area contributed by atoms with Crippen LogP contribution in [-0.4, -0.2) is 16.1 Å². The number of hydrogen-bond acceptors (Lipinski definition) is 5. The van der Waals surface area contributed by atoms with E-state index >= 15 is 0 Å². The lowest BCUT2D eigenvalue weighted by atomic mass is 9.95. The van der Waals surface area contributed by atoms with Gasteiger partial charge < -0.3 is 20.0 Å². The first kappa shape index (κ1) is 25.7. The van der Waals surface area contributed by atoms with E-state index in [1.54, 1.807) is 30.7 Å². The van der Waals surface area contributed by atoms with Gasteiger partial charge in [0.05, 0.1) is 12.7 Å². The highest BCUT2D eigenvalue weighted by molar-refractivity contribution is 5.98. The highest BCUT2D eigenvalue weighted by Crippen LogP contribution is 2.37. The van der Waals surface area contributed by atoms with Crippen molar-refractivity contribution in [2.75, 3.05) is 0 Å². The number of aliphatic carboxylic acids is 1. The molecule has 188 valence electrons. The van der Waals surface area contributed by atoms with Crippen molar-refractivity contribution in [1.82, 2.24) is 4.98 Å². The molecule has 0 fully saturated rings. The van der Waals surface area contributed by atoms with Crippen LogP contribution in [-0.2, 0) is 24.4 Å². The number of nitrogens with two attached hydrogens (primary N) is 1. The fourth-order valence-electron chi connectivity index (χ4n) is 4.19. The number of aromatic nitrogens is 1. The number of carboxylic acids is 1. The minimum Gasteiger partial charge on any atom is -0.488 e. The topological polar surface area (TPSA) is 98.6 Å². The number of carbonyl (C=O) groups is 1. The summed E-state index contributed by atoms with van der Waals surface area (Å²) >= 11 is 0. The lowest BCUT2D eigenvalue weighted by molar-refractivity contribution is -0.136. The molecule has 6 heteroatoms. The Morgan fingerprint density at radius 1 is 0.946 bits per heavy atom. The number of nitrogens with zero attached hydrogens (tertiary/aromatic N) is 1. The predicted molar refractivity (Wildman–Crippen MR) is 146 cm³/mol. The summed E-state index contributed by atoms with van der Waals surface area (Å²) < 4.78 is 12.1. The monoisotopic (exact) mass is 494 g/mol. The molecule has 0 unspecified atom stereocenters. The molecule has 0 saturated heterocycles. The Morgan fingerprint density at radius 2 is 1.76 bits per heavy atom. The van der Waals surface area contributed by atoms with Gasteiger partial charge in [-0.25, -0.2) is 0 Å². The molecule has 0 aliphatic heterocycles. The van der Waals surface area contributed by atoms with E-state index in [4.69, 9.17) is 14.9 Å². The van der Waals surface area contributed by atoms with Crippen LogP contribution in [0.5, 0.6) is 5.75 Å². The lowest BCUT2D eigenvalue weighted by Gasteiger charge is -2.11. The van der Waals surface area contributed by atoms with Gasteiger partial charge in [-0.3, -0.25) is 9.78 Å². The molecule has 6 nitrogen and oxygen atoms in total. The summed E-state index contributed by atoms with van der Waals surface area (Å²) in [5, 5.41) is 10.1. The average Bonchev–Trinajstić information content (AvgIpc) is 3.36. The van der Waals surface area contributed by atoms with Gasteiger partial charge in [0.2, 0.25) is 0 Å². The van der Waals surface area contributed by atoms with Crippen molar-refractivity contribution >= 4 is 16.9 Å². The van der Waals surface area contributed by atoms with Crippen LogP contribution in [0.3, 0.4) is 0 Å². The van der Waals surface area contributed by atoms with E-state index in [-0.39, 0.29) is 13.0 Å². The summed E-state index contributed by atoms with van der Waals surface area (Å²) in [5.41, 5.74) is 13.1. The van der Waals surface area contributed by atoms with Gasteiger partial charge in [-0.2, -0.15) is 0 Å². The van der Waals surface area contributed by atoms with Crippen LogP contribution in [0.4, 0.5) is 0 Å². The minimum absolute atomic E-state index is 0.102. The summed E-state index contributed by atoms with van der Waals surface area (Å²) in [6.07, 6.45) is 5.15. The van der Waals surface area contributed by atoms with Gasteiger partial charge in [-0.1, -0.05) is 56.3 Å². The molecule has 0 radical (unpaired) electrons. The molecule has 3 N–H and O–H groups in total. The molecule has 0 amide bonds. The molecule has 3 aromatic carbocycles. The fourth-order valence-corrected chi connectivity index (χ4v) is 4.19. The van der Waals surface area contributed by atoms with Gasteiger partial charge in [0.1, 0.15) is 17.9 Å². The third-order valence-electron chi connectivity index (χ3n) is 5.92. The highest BCUT2D eigenvalue weighted by Gasteiger charge is 2.16. The van der Waals surface area contributed by atoms with E-state index in [0.29, 0.717) is 17.9 Å². The van der Waals surface area contributed by atoms with Crippen LogP contribution in [0.25, 0.3) is 33.2 Å². The zero-order valence-electron chi connectivity index (χ0n) is 21.0. The first-order valence-corrected chi connectivity index (χ1v) is 12.3. The van der Waals surface area contributed by atoms with Crippen molar-refractivity contribution in [3.8, 4) is 28.0 Å². The Labute approximate surface area is 216 Å². The standard InChI is InChI=1S/C29H24N2O4.C2H6/c30-15-19-5-3-7-20(11-19)23-12-25(22-8-4-10-31-16-22)29-26(13-23)24(18-35-29)17-34-27-9-2-1-6-21(27)14-28(32)33;1-2/h1-13,16,18H,14-15,17,30H2,(H,32,33);1-2H3. The molecule has 37 heavy (non-hydrogen) atoms. The molecular weight excluding hydrogens is 464 g/mol. The van der Waals surface area contributed by atoms with Gasteiger partial charge in [-0.05, 0) is 47.0 Å². The average molecular weight is 495 g/mol. The summed E-state index contributed by atoms with van der Waals surface area (Å²) in [6.45, 7) is 4.70. The zero-order chi connectivity index (χ0) is 26.2. The molecule has 2 heterocycles. The van der Waals surface area contributed by atoms with Crippen LogP contribution in [0.15, 0.2) is 95.9 Å². The number of carboxylic acid groups (broad SMARTS) is 1. The number of furan rings is 1. The summed E-state index contributed by atoms with van der Waals surface area (Å²) in [5.74, 6) is -0.358. The zero-order valence-corrected chi connectivity index (χ0v) is 21.0. The van der Waals surface area contributed by atoms with Crippen LogP contribution in [0, 0.1) is 0 Å². The normalized spacial score (nSPS) is 10.6. The molecule has 0 spiro atoms. The first-order chi connectivity index (χ1) is 18.1. The Morgan fingerprint density at radius 3 is 2.51 bits per heavy atom. The summed E-state index contributed by atoms with van der Waals surface area (Å²) in [4.78, 5) is 15.5. The third-order valence-corrected chi connectivity index (χ3v) is 5.92. The molecule has 0 aliphatic rings. The first-order valence-electron chi connectivity index (χ1n) is 12.3. The van der Waals surface area contributed by atoms with Gasteiger partial charge >= 0.3 is 5.97 Å². The quantitative estimate of drug-likeness (QED) is 0.245. The van der Waals surface area contributed by atoms with E-state index in [1.165, 1.54) is 0 Å². The summed E-state index contributed by atoms with van der Waals surface area (Å²) in [7, 11) is 0. The Bertz CT molecular complexity index is 1490. The van der Waals surface area contributed by atoms with Gasteiger partial charge in [0.15, 0.2) is 0 Å². The number of hydrogen-bond donors (Lipinski definition) is 2. The molecule has 5 rings (SSSR count). The Hall–Kier alpha value is -4.42. The van der Waals surface area contributed by atoms with Gasteiger partial charge in [0.25, 0.3) is 0 Å². The molecular formula is C31H30N2O4. The molecule has 0 bridgehead atoms. The van der Waals surface area contributed by atoms with E-state index in [1.807, 2.05) is 50.4 Å². The van der Waals surface area contributed by atoms with E-state index in [2.05, 4.69) is 29.2 Å². The highest BCUT2D eigenvalue weighted by atomic mass is 16.5. The molecule has 2 aromatic heterocycles. The number of rotatable bonds is 8. The van der Waals surface area contributed by atoms with Crippen molar-refractivity contribution in [3.63, 3.8) is 0 Å². The number of para-hydroxylation sites is 1. The van der Waals surface area contributed by atoms with Crippen molar-refractivity contribution < 1.29 is 19.1 Å². The van der Waals surface area contributed by atoms with E-state index in [0.717, 1.165) is 44.3 Å². The molecule has 0 aliphatic carbocycles. The fraction of sp³-hybridized carbons (Fsp3) is 0.161. The van der Waals surface area contributed by atoms with Gasteiger partial charge in [0, 0.05) is 46.6 Å². The second kappa shape index (κ2) is 12.0. The Balaban J connectivity index is 0.00000156. The maximum absolute atomic E-state index is 11.2. The number of benzene rings is 3. The maximum atomic E-state index is 11.2. The van der Waals surface area contributed by atoms with Crippen molar-refractivity contribution in [3.05, 3.63) is 108 Å². The van der Waals surface area contributed by atoms with Crippen LogP contribution >= 0.6 is 0 Å². The second-order valence-corrected chi connectivity index (χ2v) is 8.27. The molecule has 0 atom stereocenters. The van der Waals surface area contributed by atoms with Crippen molar-refractivity contribution in [1.29, 1.82) is 0 Å². The Kier molecular flexibility index (Phi) is 8.33. The SMILES string of the molecule is CC.NCc1cccc(-c2cc(-c3cccnc3)c3occ(COc4ccccc4CC(=O)O)c3c2)c1. The number of pyridine rings is 1. The predicted octanol–water partition coefficient (Wildman–Crippen LogP) is 6.85.